The molecular weight excluding hydrogens is 557 g/mol. The molecule has 2 unspecified atom stereocenters. The number of likely N-dealkylation sites (tertiary alicyclic amines) is 1. The number of carbonyl (C=O) groups is 3. The number of amides is 4. The fraction of sp³-hybridized carbons (Fsp3) is 0.700. The summed E-state index contributed by atoms with van der Waals surface area (Å²) in [5.41, 5.74) is -2.02. The van der Waals surface area contributed by atoms with Gasteiger partial charge in [-0.05, 0) is 63.9 Å². The first-order valence-electron chi connectivity index (χ1n) is 14.7. The van der Waals surface area contributed by atoms with Gasteiger partial charge in [-0.15, -0.1) is 12.4 Å². The van der Waals surface area contributed by atoms with Crippen LogP contribution in [0.4, 0.5) is 18.0 Å². The Morgan fingerprint density at radius 1 is 1.02 bits per heavy atom. The van der Waals surface area contributed by atoms with E-state index in [-0.39, 0.29) is 73.7 Å². The zero-order valence-corrected chi connectivity index (χ0v) is 24.7. The smallest absolute Gasteiger partial charge is 0.341 e. The summed E-state index contributed by atoms with van der Waals surface area (Å²) in [5, 5.41) is 0. The molecule has 0 aromatic heterocycles. The normalized spacial score (nSPS) is 33.1. The number of rotatable bonds is 5. The largest absolute Gasteiger partial charge is 0.403 e. The monoisotopic (exact) mass is 596 g/mol. The maximum atomic E-state index is 14.1. The Balaban J connectivity index is 0.00000337. The molecule has 0 radical (unpaired) electrons. The lowest BCUT2D eigenvalue weighted by Crippen LogP contribution is -2.62. The molecule has 4 amide bonds. The Bertz CT molecular complexity index is 1180. The van der Waals surface area contributed by atoms with Crippen LogP contribution in [0.25, 0.3) is 0 Å². The second kappa shape index (κ2) is 10.4. The number of halogens is 4. The van der Waals surface area contributed by atoms with Gasteiger partial charge in [0.1, 0.15) is 11.0 Å². The average molecular weight is 597 g/mol. The number of hydrogen-bond donors (Lipinski definition) is 0. The molecule has 1 saturated carbocycles. The highest BCUT2D eigenvalue weighted by Crippen LogP contribution is 2.55. The van der Waals surface area contributed by atoms with Gasteiger partial charge in [0.2, 0.25) is 5.91 Å². The molecule has 1 spiro atoms. The first-order valence-corrected chi connectivity index (χ1v) is 14.7. The zero-order valence-electron chi connectivity index (χ0n) is 23.9. The summed E-state index contributed by atoms with van der Waals surface area (Å²) in [6.45, 7) is 5.15. The topological polar surface area (TPSA) is 64.2 Å². The van der Waals surface area contributed by atoms with Crippen LogP contribution in [0.5, 0.6) is 0 Å². The number of nitrogens with zero attached hydrogens (tertiary/aromatic N) is 4. The molecule has 4 heterocycles. The van der Waals surface area contributed by atoms with Gasteiger partial charge >= 0.3 is 12.2 Å². The fourth-order valence-electron chi connectivity index (χ4n) is 8.57. The van der Waals surface area contributed by atoms with Crippen molar-refractivity contribution >= 4 is 30.3 Å². The molecule has 7 nitrogen and oxygen atoms in total. The van der Waals surface area contributed by atoms with Gasteiger partial charge in [-0.25, -0.2) is 4.79 Å². The van der Waals surface area contributed by atoms with Crippen molar-refractivity contribution in [2.75, 3.05) is 26.7 Å². The van der Waals surface area contributed by atoms with Gasteiger partial charge in [-0.2, -0.15) is 13.2 Å². The van der Waals surface area contributed by atoms with E-state index in [9.17, 15) is 27.6 Å². The zero-order chi connectivity index (χ0) is 28.6. The molecular formula is C30H40ClF3N4O3. The predicted octanol–water partition coefficient (Wildman–Crippen LogP) is 5.05. The van der Waals surface area contributed by atoms with Crippen LogP contribution in [0.2, 0.25) is 0 Å². The lowest BCUT2D eigenvalue weighted by molar-refractivity contribution is -0.248. The summed E-state index contributed by atoms with van der Waals surface area (Å²) in [5.74, 6) is -0.959. The number of urea groups is 1. The molecule has 2 bridgehead atoms. The average Bonchev–Trinajstić information content (AvgIpc) is 3.44. The molecule has 5 aliphatic rings. The third-order valence-corrected chi connectivity index (χ3v) is 10.7. The van der Waals surface area contributed by atoms with Crippen LogP contribution < -0.4 is 0 Å². The minimum atomic E-state index is -4.54. The summed E-state index contributed by atoms with van der Waals surface area (Å²) in [7, 11) is 1.56. The van der Waals surface area contributed by atoms with Gasteiger partial charge in [0, 0.05) is 50.7 Å². The van der Waals surface area contributed by atoms with Gasteiger partial charge in [0.15, 0.2) is 0 Å². The fourth-order valence-corrected chi connectivity index (χ4v) is 8.57. The van der Waals surface area contributed by atoms with Crippen LogP contribution in [0.15, 0.2) is 30.3 Å². The van der Waals surface area contributed by atoms with Crippen molar-refractivity contribution in [3.8, 4) is 0 Å². The van der Waals surface area contributed by atoms with E-state index < -0.39 is 23.0 Å². The lowest BCUT2D eigenvalue weighted by atomic mass is 9.67. The quantitative estimate of drug-likeness (QED) is 0.446. The number of hydrogen-bond acceptors (Lipinski definition) is 4. The number of carbonyl (C=O) groups excluding carboxylic acids is 3. The van der Waals surface area contributed by atoms with E-state index in [1.54, 1.807) is 11.9 Å². The van der Waals surface area contributed by atoms with Crippen LogP contribution in [0.1, 0.15) is 70.3 Å². The van der Waals surface area contributed by atoms with Crippen molar-refractivity contribution in [1.29, 1.82) is 0 Å². The minimum Gasteiger partial charge on any atom is -0.341 e. The summed E-state index contributed by atoms with van der Waals surface area (Å²) in [4.78, 5) is 46.8. The Morgan fingerprint density at radius 3 is 2.15 bits per heavy atom. The minimum absolute atomic E-state index is 0. The molecule has 41 heavy (non-hydrogen) atoms. The number of alkyl halides is 3. The van der Waals surface area contributed by atoms with Crippen molar-refractivity contribution in [3.05, 3.63) is 35.9 Å². The van der Waals surface area contributed by atoms with Crippen molar-refractivity contribution in [2.45, 2.75) is 94.6 Å². The van der Waals surface area contributed by atoms with Gasteiger partial charge in [-0.3, -0.25) is 19.4 Å². The van der Waals surface area contributed by atoms with E-state index in [1.807, 2.05) is 44.2 Å². The SMILES string of the molecule is CC(C)N1C(=O)N(C)C(=O)C12CC1CCC(C2)N1C[C@H]1CN(C(=O)C2(C(F)(F)F)CCC2)C[C@@H]1c1ccccc1.Cl. The molecule has 226 valence electrons. The molecule has 5 fully saturated rings. The number of fused-ring (bicyclic) bond motifs is 2. The molecule has 1 aliphatic carbocycles. The summed E-state index contributed by atoms with van der Waals surface area (Å²) in [6, 6.07) is 9.69. The molecule has 6 rings (SSSR count). The standard InChI is InChI=1S/C30H39F3N4O3.ClH/c1-19(2)37-27(40)34(3)26(39)29(37)14-22-10-11-23(15-29)36(22)17-21-16-35(18-24(21)20-8-5-4-6-9-20)25(38)28(12-7-13-28)30(31,32)33;/h4-6,8-9,19,21-24H,7,10-18H2,1-3H3;1H/t21-,22?,23?,24-,29?;/m1./s1. The van der Waals surface area contributed by atoms with Gasteiger partial charge < -0.3 is 9.80 Å². The summed E-state index contributed by atoms with van der Waals surface area (Å²) < 4.78 is 42.2. The van der Waals surface area contributed by atoms with Gasteiger partial charge in [0.25, 0.3) is 5.91 Å². The van der Waals surface area contributed by atoms with E-state index in [1.165, 1.54) is 9.80 Å². The van der Waals surface area contributed by atoms with E-state index >= 15 is 0 Å². The maximum Gasteiger partial charge on any atom is 0.403 e. The highest BCUT2D eigenvalue weighted by atomic mass is 35.5. The molecule has 4 aliphatic heterocycles. The van der Waals surface area contributed by atoms with Crippen molar-refractivity contribution < 1.29 is 27.6 Å². The van der Waals surface area contributed by atoms with Crippen LogP contribution in [-0.4, -0.2) is 94.0 Å². The van der Waals surface area contributed by atoms with E-state index in [4.69, 9.17) is 0 Å². The summed E-state index contributed by atoms with van der Waals surface area (Å²) >= 11 is 0. The second-order valence-electron chi connectivity index (χ2n) is 13.1. The van der Waals surface area contributed by atoms with E-state index in [2.05, 4.69) is 4.90 Å². The molecule has 1 aromatic rings. The lowest BCUT2D eigenvalue weighted by Gasteiger charge is -2.48. The molecule has 11 heteroatoms. The van der Waals surface area contributed by atoms with E-state index in [0.717, 1.165) is 18.4 Å². The van der Waals surface area contributed by atoms with Gasteiger partial charge in [0.05, 0.1) is 0 Å². The molecule has 1 aromatic carbocycles. The number of likely N-dealkylation sites (N-methyl/N-ethyl adjacent to an activating group) is 1. The maximum absolute atomic E-state index is 14.1. The Labute approximate surface area is 245 Å². The Kier molecular flexibility index (Phi) is 7.67. The van der Waals surface area contributed by atoms with Gasteiger partial charge in [-0.1, -0.05) is 36.8 Å². The first-order chi connectivity index (χ1) is 18.9. The van der Waals surface area contributed by atoms with Crippen molar-refractivity contribution in [1.82, 2.24) is 19.6 Å². The Morgan fingerprint density at radius 2 is 1.63 bits per heavy atom. The predicted molar refractivity (Wildman–Crippen MR) is 149 cm³/mol. The van der Waals surface area contributed by atoms with Crippen LogP contribution in [-0.2, 0) is 9.59 Å². The highest BCUT2D eigenvalue weighted by Gasteiger charge is 2.66. The first kappa shape index (κ1) is 30.1. The number of imide groups is 1. The number of piperidine rings is 1. The highest BCUT2D eigenvalue weighted by molar-refractivity contribution is 6.07. The summed E-state index contributed by atoms with van der Waals surface area (Å²) in [6.07, 6.45) is -1.38. The van der Waals surface area contributed by atoms with Crippen molar-refractivity contribution in [3.63, 3.8) is 0 Å². The Hall–Kier alpha value is -2.33. The third kappa shape index (κ3) is 4.46. The number of benzene rings is 1. The van der Waals surface area contributed by atoms with Crippen LogP contribution in [0, 0.1) is 11.3 Å². The third-order valence-electron chi connectivity index (χ3n) is 10.7. The van der Waals surface area contributed by atoms with Crippen molar-refractivity contribution in [2.24, 2.45) is 11.3 Å². The van der Waals surface area contributed by atoms with Crippen LogP contribution >= 0.6 is 12.4 Å². The molecule has 4 saturated heterocycles. The second-order valence-corrected chi connectivity index (χ2v) is 13.1. The molecule has 0 N–H and O–H groups in total. The molecule has 4 atom stereocenters. The van der Waals surface area contributed by atoms with E-state index in [0.29, 0.717) is 32.4 Å². The van der Waals surface area contributed by atoms with Crippen LogP contribution in [0.3, 0.4) is 0 Å².